The Hall–Kier alpha value is -3.05. The number of amides is 1. The molecule has 1 aliphatic carbocycles. The quantitative estimate of drug-likeness (QED) is 0.415. The van der Waals surface area contributed by atoms with Gasteiger partial charge in [0.15, 0.2) is 5.13 Å². The van der Waals surface area contributed by atoms with Gasteiger partial charge in [-0.15, -0.1) is 11.3 Å². The van der Waals surface area contributed by atoms with Crippen molar-refractivity contribution < 1.29 is 22.3 Å². The molecule has 35 heavy (non-hydrogen) atoms. The summed E-state index contributed by atoms with van der Waals surface area (Å²) in [4.78, 5) is 21.5. The van der Waals surface area contributed by atoms with Crippen LogP contribution >= 0.6 is 11.3 Å². The molecule has 4 rings (SSSR count). The van der Waals surface area contributed by atoms with Gasteiger partial charge >= 0.3 is 0 Å². The van der Waals surface area contributed by atoms with Gasteiger partial charge in [-0.1, -0.05) is 6.07 Å². The minimum atomic E-state index is -3.45. The van der Waals surface area contributed by atoms with Crippen LogP contribution < -0.4 is 14.8 Å². The third-order valence-electron chi connectivity index (χ3n) is 5.54. The standard InChI is InChI=1S/C24H27FN4O4S2/c1-14(2)33-17-9-16(11-26-12-17)15-5-8-20(19(25)10-15)27-22(30)24(3,4)21-13-34-23(28-21)29-35(31,32)18-6-7-18/h5,8-14,18H,6-7H2,1-4H3,(H,27,30)(H,28,29). The summed E-state index contributed by atoms with van der Waals surface area (Å²) in [6, 6.07) is 6.28. The zero-order valence-corrected chi connectivity index (χ0v) is 21.5. The Balaban J connectivity index is 1.47. The van der Waals surface area contributed by atoms with Gasteiger partial charge in [-0.2, -0.15) is 0 Å². The number of hydrogen-bond donors (Lipinski definition) is 2. The Morgan fingerprint density at radius 2 is 1.94 bits per heavy atom. The van der Waals surface area contributed by atoms with E-state index < -0.39 is 27.2 Å². The molecule has 0 spiro atoms. The Bertz CT molecular complexity index is 1350. The number of nitrogens with zero attached hydrogens (tertiary/aromatic N) is 2. The van der Waals surface area contributed by atoms with Crippen LogP contribution in [-0.2, 0) is 20.2 Å². The summed E-state index contributed by atoms with van der Waals surface area (Å²) in [5, 5.41) is 4.08. The highest BCUT2D eigenvalue weighted by atomic mass is 32.2. The molecule has 186 valence electrons. The number of sulfonamides is 1. The second-order valence-electron chi connectivity index (χ2n) is 9.23. The molecular formula is C24H27FN4O4S2. The van der Waals surface area contributed by atoms with Gasteiger partial charge in [-0.3, -0.25) is 14.5 Å². The minimum absolute atomic E-state index is 0.0168. The lowest BCUT2D eigenvalue weighted by atomic mass is 9.89. The average Bonchev–Trinajstić information content (AvgIpc) is 3.55. The van der Waals surface area contributed by atoms with E-state index in [1.54, 1.807) is 43.8 Å². The van der Waals surface area contributed by atoms with E-state index in [-0.39, 0.29) is 22.2 Å². The van der Waals surface area contributed by atoms with Crippen molar-refractivity contribution in [2.24, 2.45) is 0 Å². The van der Waals surface area contributed by atoms with E-state index in [4.69, 9.17) is 4.74 Å². The molecule has 0 aliphatic heterocycles. The van der Waals surface area contributed by atoms with E-state index in [0.717, 1.165) is 11.3 Å². The number of nitrogens with one attached hydrogen (secondary N) is 2. The van der Waals surface area contributed by atoms with Crippen molar-refractivity contribution in [3.8, 4) is 16.9 Å². The van der Waals surface area contributed by atoms with E-state index in [9.17, 15) is 17.6 Å². The molecule has 8 nitrogen and oxygen atoms in total. The van der Waals surface area contributed by atoms with Crippen molar-refractivity contribution in [1.29, 1.82) is 0 Å². The van der Waals surface area contributed by atoms with Gasteiger partial charge in [0.25, 0.3) is 0 Å². The van der Waals surface area contributed by atoms with Crippen molar-refractivity contribution >= 4 is 38.1 Å². The van der Waals surface area contributed by atoms with Crippen LogP contribution in [0.5, 0.6) is 5.75 Å². The molecule has 1 amide bonds. The van der Waals surface area contributed by atoms with E-state index in [1.165, 1.54) is 12.1 Å². The SMILES string of the molecule is CC(C)Oc1cncc(-c2ccc(NC(=O)C(C)(C)c3csc(NS(=O)(=O)C4CC4)n3)c(F)c2)c1. The number of pyridine rings is 1. The van der Waals surface area contributed by atoms with Crippen LogP contribution in [0.25, 0.3) is 11.1 Å². The third-order valence-corrected chi connectivity index (χ3v) is 8.25. The van der Waals surface area contributed by atoms with Gasteiger partial charge in [0.1, 0.15) is 11.6 Å². The van der Waals surface area contributed by atoms with E-state index in [0.29, 0.717) is 35.4 Å². The van der Waals surface area contributed by atoms with Crippen LogP contribution in [0.4, 0.5) is 15.2 Å². The van der Waals surface area contributed by atoms with E-state index in [2.05, 4.69) is 20.0 Å². The van der Waals surface area contributed by atoms with Gasteiger partial charge in [-0.25, -0.2) is 17.8 Å². The van der Waals surface area contributed by atoms with Gasteiger partial charge in [0.2, 0.25) is 15.9 Å². The maximum absolute atomic E-state index is 14.9. The highest BCUT2D eigenvalue weighted by Gasteiger charge is 2.37. The minimum Gasteiger partial charge on any atom is -0.489 e. The number of anilines is 2. The predicted molar refractivity (Wildman–Crippen MR) is 135 cm³/mol. The zero-order chi connectivity index (χ0) is 25.4. The van der Waals surface area contributed by atoms with Crippen LogP contribution in [0.1, 0.15) is 46.2 Å². The molecule has 1 fully saturated rings. The third kappa shape index (κ3) is 5.79. The van der Waals surface area contributed by atoms with Crippen molar-refractivity contribution in [3.63, 3.8) is 0 Å². The Morgan fingerprint density at radius 1 is 1.20 bits per heavy atom. The van der Waals surface area contributed by atoms with Crippen LogP contribution in [0.15, 0.2) is 42.0 Å². The van der Waals surface area contributed by atoms with E-state index in [1.807, 2.05) is 13.8 Å². The normalized spacial score (nSPS) is 14.1. The van der Waals surface area contributed by atoms with Gasteiger partial charge < -0.3 is 10.1 Å². The summed E-state index contributed by atoms with van der Waals surface area (Å²) >= 11 is 1.11. The topological polar surface area (TPSA) is 110 Å². The molecule has 2 N–H and O–H groups in total. The number of carbonyl (C=O) groups excluding carboxylic acids is 1. The first-order valence-electron chi connectivity index (χ1n) is 11.2. The number of halogens is 1. The number of hydrogen-bond acceptors (Lipinski definition) is 7. The summed E-state index contributed by atoms with van der Waals surface area (Å²) < 4.78 is 47.3. The number of carbonyl (C=O) groups is 1. The van der Waals surface area contributed by atoms with Crippen molar-refractivity contribution in [3.05, 3.63) is 53.6 Å². The Labute approximate surface area is 208 Å². The second kappa shape index (κ2) is 9.54. The molecule has 1 aromatic carbocycles. The van der Waals surface area contributed by atoms with Crippen LogP contribution in [0.3, 0.4) is 0 Å². The molecule has 3 aromatic rings. The Morgan fingerprint density at radius 3 is 2.60 bits per heavy atom. The van der Waals surface area contributed by atoms with Crippen molar-refractivity contribution in [2.75, 3.05) is 10.0 Å². The lowest BCUT2D eigenvalue weighted by molar-refractivity contribution is -0.120. The molecule has 2 heterocycles. The number of aromatic nitrogens is 2. The highest BCUT2D eigenvalue weighted by Crippen LogP contribution is 2.33. The van der Waals surface area contributed by atoms with Crippen LogP contribution in [-0.4, -0.2) is 35.6 Å². The lowest BCUT2D eigenvalue weighted by Gasteiger charge is -2.22. The van der Waals surface area contributed by atoms with Gasteiger partial charge in [0.05, 0.1) is 34.3 Å². The first-order valence-corrected chi connectivity index (χ1v) is 13.6. The summed E-state index contributed by atoms with van der Waals surface area (Å²) in [5.41, 5.74) is 0.562. The number of benzene rings is 1. The van der Waals surface area contributed by atoms with Crippen molar-refractivity contribution in [1.82, 2.24) is 9.97 Å². The maximum atomic E-state index is 14.9. The number of rotatable bonds is 9. The second-order valence-corrected chi connectivity index (χ2v) is 12.1. The molecule has 1 aliphatic rings. The first-order chi connectivity index (χ1) is 16.5. The lowest BCUT2D eigenvalue weighted by Crippen LogP contribution is -2.35. The fourth-order valence-corrected chi connectivity index (χ4v) is 5.77. The molecule has 0 bridgehead atoms. The molecule has 0 atom stereocenters. The van der Waals surface area contributed by atoms with Crippen molar-refractivity contribution in [2.45, 2.75) is 57.3 Å². The summed E-state index contributed by atoms with van der Waals surface area (Å²) in [6.07, 6.45) is 4.47. The monoisotopic (exact) mass is 518 g/mol. The molecule has 1 saturated carbocycles. The molecule has 11 heteroatoms. The van der Waals surface area contributed by atoms with Gasteiger partial charge in [0, 0.05) is 17.1 Å². The summed E-state index contributed by atoms with van der Waals surface area (Å²) in [5.74, 6) is -0.489. The fraction of sp³-hybridized carbons (Fsp3) is 0.375. The van der Waals surface area contributed by atoms with Crippen LogP contribution in [0.2, 0.25) is 0 Å². The number of ether oxygens (including phenoxy) is 1. The first kappa shape index (κ1) is 25.1. The largest absolute Gasteiger partial charge is 0.489 e. The predicted octanol–water partition coefficient (Wildman–Crippen LogP) is 4.95. The maximum Gasteiger partial charge on any atom is 0.237 e. The average molecular weight is 519 g/mol. The highest BCUT2D eigenvalue weighted by molar-refractivity contribution is 7.93. The molecule has 2 aromatic heterocycles. The molecule has 0 radical (unpaired) electrons. The smallest absolute Gasteiger partial charge is 0.237 e. The van der Waals surface area contributed by atoms with Crippen LogP contribution in [0, 0.1) is 5.82 Å². The fourth-order valence-electron chi connectivity index (χ4n) is 3.30. The summed E-state index contributed by atoms with van der Waals surface area (Å²) in [7, 11) is -3.45. The molecule has 0 unspecified atom stereocenters. The van der Waals surface area contributed by atoms with Gasteiger partial charge in [-0.05, 0) is 64.3 Å². The summed E-state index contributed by atoms with van der Waals surface area (Å²) in [6.45, 7) is 7.11. The zero-order valence-electron chi connectivity index (χ0n) is 19.8. The van der Waals surface area contributed by atoms with E-state index >= 15 is 0 Å². The molecule has 0 saturated heterocycles. The number of thiazole rings is 1. The molecular weight excluding hydrogens is 491 g/mol. The Kier molecular flexibility index (Phi) is 6.83.